The van der Waals surface area contributed by atoms with Crippen LogP contribution in [0.15, 0.2) is 24.5 Å². The number of rotatable bonds is 2. The molecule has 1 heterocycles. The van der Waals surface area contributed by atoms with Gasteiger partial charge in [-0.25, -0.2) is 4.98 Å². The molecule has 0 bridgehead atoms. The lowest BCUT2D eigenvalue weighted by Gasteiger charge is -2.09. The van der Waals surface area contributed by atoms with Crippen molar-refractivity contribution in [2.24, 2.45) is 5.73 Å². The first-order valence-corrected chi connectivity index (χ1v) is 5.45. The molecule has 0 atom stereocenters. The van der Waals surface area contributed by atoms with Gasteiger partial charge in [0, 0.05) is 11.6 Å². The van der Waals surface area contributed by atoms with Crippen molar-refractivity contribution >= 4 is 11.6 Å². The quantitative estimate of drug-likeness (QED) is 0.887. The van der Waals surface area contributed by atoms with E-state index in [0.717, 1.165) is 5.56 Å². The monoisotopic (exact) mass is 257 g/mol. The van der Waals surface area contributed by atoms with Crippen LogP contribution in [0, 0.1) is 22.7 Å². The van der Waals surface area contributed by atoms with Crippen molar-refractivity contribution in [2.75, 3.05) is 0 Å². The molecule has 2 N–H and O–H groups in total. The minimum absolute atomic E-state index is 0.0930. The molecular formula is C12H8ClN5. The lowest BCUT2D eigenvalue weighted by atomic mass is 10.1. The fourth-order valence-electron chi connectivity index (χ4n) is 1.67. The van der Waals surface area contributed by atoms with Gasteiger partial charge in [-0.15, -0.1) is 0 Å². The molecule has 1 aromatic heterocycles. The van der Waals surface area contributed by atoms with Crippen LogP contribution >= 0.6 is 11.6 Å². The fraction of sp³-hybridized carbons (Fsp3) is 0.0833. The number of nitrogens with zero attached hydrogens (tertiary/aromatic N) is 4. The number of hydrogen-bond acceptors (Lipinski definition) is 4. The van der Waals surface area contributed by atoms with E-state index in [2.05, 4.69) is 4.98 Å². The molecule has 0 aliphatic carbocycles. The number of aromatic nitrogens is 2. The molecule has 0 amide bonds. The van der Waals surface area contributed by atoms with Crippen molar-refractivity contribution in [3.63, 3.8) is 0 Å². The standard InChI is InChI=1S/C12H8ClN5/c13-9-1-2-11(8(3-9)4-14)18-7-17-10(5-15)12(18)6-16/h1-3,7H,4,14H2. The SMILES string of the molecule is N#Cc1ncn(-c2ccc(Cl)cc2CN)c1C#N. The second kappa shape index (κ2) is 4.89. The lowest BCUT2D eigenvalue weighted by Crippen LogP contribution is -2.05. The summed E-state index contributed by atoms with van der Waals surface area (Å²) >= 11 is 5.89. The smallest absolute Gasteiger partial charge is 0.177 e. The second-order valence-electron chi connectivity index (χ2n) is 3.51. The average Bonchev–Trinajstić information content (AvgIpc) is 2.81. The summed E-state index contributed by atoms with van der Waals surface area (Å²) in [5.41, 5.74) is 7.41. The van der Waals surface area contributed by atoms with Crippen LogP contribution in [0.3, 0.4) is 0 Å². The number of nitrogens with two attached hydrogens (primary N) is 1. The van der Waals surface area contributed by atoms with E-state index in [4.69, 9.17) is 27.9 Å². The van der Waals surface area contributed by atoms with Gasteiger partial charge in [0.1, 0.15) is 18.5 Å². The average molecular weight is 258 g/mol. The Balaban J connectivity index is 2.67. The third-order valence-corrected chi connectivity index (χ3v) is 2.74. The van der Waals surface area contributed by atoms with E-state index < -0.39 is 0 Å². The first-order chi connectivity index (χ1) is 8.71. The van der Waals surface area contributed by atoms with Crippen LogP contribution < -0.4 is 5.73 Å². The van der Waals surface area contributed by atoms with Crippen LogP contribution in [0.5, 0.6) is 0 Å². The zero-order chi connectivity index (χ0) is 13.1. The van der Waals surface area contributed by atoms with Crippen molar-refractivity contribution in [2.45, 2.75) is 6.54 Å². The van der Waals surface area contributed by atoms with E-state index in [1.807, 2.05) is 12.1 Å². The number of benzene rings is 1. The minimum Gasteiger partial charge on any atom is -0.326 e. The number of nitriles is 2. The number of halogens is 1. The molecule has 5 nitrogen and oxygen atoms in total. The van der Waals surface area contributed by atoms with Gasteiger partial charge in [-0.3, -0.25) is 4.57 Å². The maximum atomic E-state index is 9.08. The van der Waals surface area contributed by atoms with Gasteiger partial charge < -0.3 is 5.73 Å². The van der Waals surface area contributed by atoms with Crippen LogP contribution in [-0.4, -0.2) is 9.55 Å². The maximum Gasteiger partial charge on any atom is 0.177 e. The molecule has 0 saturated carbocycles. The Labute approximate surface area is 109 Å². The summed E-state index contributed by atoms with van der Waals surface area (Å²) in [7, 11) is 0. The molecule has 1 aromatic carbocycles. The predicted molar refractivity (Wildman–Crippen MR) is 65.9 cm³/mol. The van der Waals surface area contributed by atoms with Gasteiger partial charge >= 0.3 is 0 Å². The summed E-state index contributed by atoms with van der Waals surface area (Å²) in [5.74, 6) is 0. The third-order valence-electron chi connectivity index (χ3n) is 2.50. The Hall–Kier alpha value is -2.34. The molecule has 18 heavy (non-hydrogen) atoms. The number of hydrogen-bond donors (Lipinski definition) is 1. The fourth-order valence-corrected chi connectivity index (χ4v) is 1.87. The second-order valence-corrected chi connectivity index (χ2v) is 3.95. The van der Waals surface area contributed by atoms with Gasteiger partial charge in [0.2, 0.25) is 0 Å². The molecule has 0 fully saturated rings. The largest absolute Gasteiger partial charge is 0.326 e. The van der Waals surface area contributed by atoms with Gasteiger partial charge in [-0.1, -0.05) is 11.6 Å². The van der Waals surface area contributed by atoms with Gasteiger partial charge in [-0.05, 0) is 23.8 Å². The van der Waals surface area contributed by atoms with Crippen LogP contribution in [-0.2, 0) is 6.54 Å². The predicted octanol–water partition coefficient (Wildman–Crippen LogP) is 1.73. The van der Waals surface area contributed by atoms with E-state index >= 15 is 0 Å². The highest BCUT2D eigenvalue weighted by Crippen LogP contribution is 2.21. The van der Waals surface area contributed by atoms with Crippen LogP contribution in [0.25, 0.3) is 5.69 Å². The molecule has 0 unspecified atom stereocenters. The molecule has 2 aromatic rings. The normalized spacial score (nSPS) is 9.78. The Morgan fingerprint density at radius 1 is 1.33 bits per heavy atom. The van der Waals surface area contributed by atoms with Crippen molar-refractivity contribution < 1.29 is 0 Å². The topological polar surface area (TPSA) is 91.4 Å². The van der Waals surface area contributed by atoms with Crippen LogP contribution in [0.2, 0.25) is 5.02 Å². The highest BCUT2D eigenvalue weighted by Gasteiger charge is 2.13. The van der Waals surface area contributed by atoms with E-state index in [9.17, 15) is 0 Å². The molecule has 0 aliphatic rings. The summed E-state index contributed by atoms with van der Waals surface area (Å²) in [5, 5.41) is 18.5. The first kappa shape index (κ1) is 12.1. The van der Waals surface area contributed by atoms with Crippen LogP contribution in [0.1, 0.15) is 17.0 Å². The zero-order valence-electron chi connectivity index (χ0n) is 9.26. The lowest BCUT2D eigenvalue weighted by molar-refractivity contribution is 0.971. The highest BCUT2D eigenvalue weighted by atomic mass is 35.5. The molecule has 6 heteroatoms. The van der Waals surface area contributed by atoms with E-state index in [1.54, 1.807) is 18.2 Å². The van der Waals surface area contributed by atoms with Gasteiger partial charge in [0.15, 0.2) is 11.4 Å². The Bertz CT molecular complexity index is 675. The molecule has 0 aliphatic heterocycles. The van der Waals surface area contributed by atoms with Crippen molar-refractivity contribution in [3.8, 4) is 17.8 Å². The molecule has 0 saturated heterocycles. The van der Waals surface area contributed by atoms with E-state index in [-0.39, 0.29) is 17.9 Å². The summed E-state index contributed by atoms with van der Waals surface area (Å²) in [6.45, 7) is 0.279. The van der Waals surface area contributed by atoms with Crippen molar-refractivity contribution in [1.29, 1.82) is 10.5 Å². The minimum atomic E-state index is 0.0930. The van der Waals surface area contributed by atoms with E-state index in [1.165, 1.54) is 10.9 Å². The number of imidazole rings is 1. The third kappa shape index (κ3) is 1.93. The molecular weight excluding hydrogens is 250 g/mol. The van der Waals surface area contributed by atoms with Crippen LogP contribution in [0.4, 0.5) is 0 Å². The summed E-state index contributed by atoms with van der Waals surface area (Å²) < 4.78 is 1.54. The molecule has 88 valence electrons. The molecule has 0 spiro atoms. The highest BCUT2D eigenvalue weighted by molar-refractivity contribution is 6.30. The Morgan fingerprint density at radius 3 is 2.72 bits per heavy atom. The van der Waals surface area contributed by atoms with E-state index in [0.29, 0.717) is 10.7 Å². The Morgan fingerprint density at radius 2 is 2.11 bits per heavy atom. The van der Waals surface area contributed by atoms with Gasteiger partial charge in [0.05, 0.1) is 5.69 Å². The van der Waals surface area contributed by atoms with Crippen molar-refractivity contribution in [3.05, 3.63) is 46.5 Å². The Kier molecular flexibility index (Phi) is 3.29. The zero-order valence-corrected chi connectivity index (χ0v) is 10.0. The van der Waals surface area contributed by atoms with Gasteiger partial charge in [0.25, 0.3) is 0 Å². The summed E-state index contributed by atoms with van der Waals surface area (Å²) in [6, 6.07) is 9.01. The molecule has 0 radical (unpaired) electrons. The summed E-state index contributed by atoms with van der Waals surface area (Å²) in [6.07, 6.45) is 1.43. The maximum absolute atomic E-state index is 9.08. The molecule has 2 rings (SSSR count). The van der Waals surface area contributed by atoms with Crippen molar-refractivity contribution in [1.82, 2.24) is 9.55 Å². The summed E-state index contributed by atoms with van der Waals surface area (Å²) in [4.78, 5) is 3.89. The first-order valence-electron chi connectivity index (χ1n) is 5.07. The van der Waals surface area contributed by atoms with Gasteiger partial charge in [-0.2, -0.15) is 10.5 Å².